The van der Waals surface area contributed by atoms with Crippen LogP contribution in [0.4, 0.5) is 0 Å². The van der Waals surface area contributed by atoms with Crippen LogP contribution in [-0.2, 0) is 4.79 Å². The molecule has 0 aliphatic heterocycles. The fourth-order valence-corrected chi connectivity index (χ4v) is 1.98. The highest BCUT2D eigenvalue weighted by atomic mass is 16.1. The monoisotopic (exact) mass is 230 g/mol. The minimum atomic E-state index is 0.216. The molecule has 0 aromatic heterocycles. The van der Waals surface area contributed by atoms with Crippen molar-refractivity contribution in [2.45, 2.75) is 45.4 Å². The summed E-state index contributed by atoms with van der Waals surface area (Å²) in [6.07, 6.45) is 7.67. The highest BCUT2D eigenvalue weighted by molar-refractivity contribution is 5.89. The van der Waals surface area contributed by atoms with Gasteiger partial charge in [-0.2, -0.15) is 0 Å². The zero-order valence-corrected chi connectivity index (χ0v) is 10.9. The number of carbonyl (C=O) groups excluding carboxylic acids is 1. The Hall–Kier alpha value is -1.37. The zero-order chi connectivity index (χ0) is 12.5. The van der Waals surface area contributed by atoms with Crippen LogP contribution in [0.15, 0.2) is 42.5 Å². The second-order valence-electron chi connectivity index (χ2n) is 4.35. The van der Waals surface area contributed by atoms with E-state index < -0.39 is 0 Å². The fourth-order valence-electron chi connectivity index (χ4n) is 1.98. The lowest BCUT2D eigenvalue weighted by molar-refractivity contribution is -0.114. The molecule has 1 nitrogen and oxygen atoms in total. The van der Waals surface area contributed by atoms with Gasteiger partial charge in [0.15, 0.2) is 5.78 Å². The lowest BCUT2D eigenvalue weighted by Crippen LogP contribution is -1.97. The van der Waals surface area contributed by atoms with Crippen LogP contribution >= 0.6 is 0 Å². The van der Waals surface area contributed by atoms with E-state index >= 15 is 0 Å². The Morgan fingerprint density at radius 2 is 1.94 bits per heavy atom. The largest absolute Gasteiger partial charge is 0.295 e. The Balaban J connectivity index is 2.61. The van der Waals surface area contributed by atoms with Crippen LogP contribution in [0.1, 0.15) is 51.0 Å². The number of rotatable bonds is 7. The first-order valence-corrected chi connectivity index (χ1v) is 6.52. The molecule has 1 aromatic rings. The van der Waals surface area contributed by atoms with E-state index in [1.807, 2.05) is 19.1 Å². The van der Waals surface area contributed by atoms with E-state index in [4.69, 9.17) is 0 Å². The van der Waals surface area contributed by atoms with Crippen LogP contribution in [0.25, 0.3) is 0 Å². The average molecular weight is 230 g/mol. The minimum absolute atomic E-state index is 0.216. The molecular formula is C16H22O. The van der Waals surface area contributed by atoms with Gasteiger partial charge in [0.05, 0.1) is 0 Å². The molecule has 1 aromatic carbocycles. The maximum Gasteiger partial charge on any atom is 0.155 e. The average Bonchev–Trinajstić information content (AvgIpc) is 2.38. The molecular weight excluding hydrogens is 208 g/mol. The maximum absolute atomic E-state index is 11.2. The van der Waals surface area contributed by atoms with Gasteiger partial charge >= 0.3 is 0 Å². The van der Waals surface area contributed by atoms with E-state index in [0.717, 1.165) is 6.42 Å². The molecule has 1 atom stereocenters. The quantitative estimate of drug-likeness (QED) is 0.630. The Morgan fingerprint density at radius 1 is 1.24 bits per heavy atom. The summed E-state index contributed by atoms with van der Waals surface area (Å²) in [5, 5.41) is 0. The van der Waals surface area contributed by atoms with E-state index in [-0.39, 0.29) is 5.78 Å². The number of hydrogen-bond donors (Lipinski definition) is 0. The van der Waals surface area contributed by atoms with Gasteiger partial charge in [0.25, 0.3) is 0 Å². The molecule has 0 fully saturated rings. The second kappa shape index (κ2) is 7.83. The van der Waals surface area contributed by atoms with Crippen molar-refractivity contribution in [3.8, 4) is 0 Å². The summed E-state index contributed by atoms with van der Waals surface area (Å²) in [5.41, 5.74) is 1.38. The first-order valence-electron chi connectivity index (χ1n) is 6.52. The van der Waals surface area contributed by atoms with Crippen molar-refractivity contribution in [3.05, 3.63) is 48.0 Å². The molecule has 0 amide bonds. The number of benzene rings is 1. The molecule has 1 rings (SSSR count). The molecule has 0 N–H and O–H groups in total. The van der Waals surface area contributed by atoms with Crippen molar-refractivity contribution in [2.75, 3.05) is 0 Å². The SMILES string of the molecule is CCC[C@H](C/C=C\C(=O)CC)c1ccccc1. The summed E-state index contributed by atoms with van der Waals surface area (Å²) in [4.78, 5) is 11.2. The van der Waals surface area contributed by atoms with Crippen molar-refractivity contribution in [2.24, 2.45) is 0 Å². The molecule has 0 spiro atoms. The summed E-state index contributed by atoms with van der Waals surface area (Å²) in [5.74, 6) is 0.760. The van der Waals surface area contributed by atoms with Crippen LogP contribution < -0.4 is 0 Å². The Morgan fingerprint density at radius 3 is 2.53 bits per heavy atom. The van der Waals surface area contributed by atoms with Crippen molar-refractivity contribution in [3.63, 3.8) is 0 Å². The first-order chi connectivity index (χ1) is 8.27. The van der Waals surface area contributed by atoms with E-state index in [0.29, 0.717) is 12.3 Å². The molecule has 0 unspecified atom stereocenters. The topological polar surface area (TPSA) is 17.1 Å². The second-order valence-corrected chi connectivity index (χ2v) is 4.35. The first kappa shape index (κ1) is 13.7. The summed E-state index contributed by atoms with van der Waals surface area (Å²) >= 11 is 0. The molecule has 0 aliphatic rings. The van der Waals surface area contributed by atoms with Gasteiger partial charge < -0.3 is 0 Å². The van der Waals surface area contributed by atoms with Crippen molar-refractivity contribution < 1.29 is 4.79 Å². The van der Waals surface area contributed by atoms with E-state index in [1.54, 1.807) is 6.08 Å². The zero-order valence-electron chi connectivity index (χ0n) is 10.9. The molecule has 17 heavy (non-hydrogen) atoms. The molecule has 0 bridgehead atoms. The van der Waals surface area contributed by atoms with Crippen LogP contribution in [0.3, 0.4) is 0 Å². The standard InChI is InChI=1S/C16H22O/c1-3-9-14(12-8-13-16(17)4-2)15-10-6-5-7-11-15/h5-8,10-11,13-14H,3-4,9,12H2,1-2H3/b13-8-/t14-/m1/s1. The molecule has 0 aliphatic carbocycles. The minimum Gasteiger partial charge on any atom is -0.295 e. The summed E-state index contributed by atoms with van der Waals surface area (Å²) in [7, 11) is 0. The van der Waals surface area contributed by atoms with Gasteiger partial charge in [0, 0.05) is 6.42 Å². The molecule has 1 heteroatoms. The van der Waals surface area contributed by atoms with Crippen molar-refractivity contribution in [1.82, 2.24) is 0 Å². The molecule has 0 radical (unpaired) electrons. The van der Waals surface area contributed by atoms with Crippen LogP contribution in [-0.4, -0.2) is 5.78 Å². The number of carbonyl (C=O) groups is 1. The smallest absolute Gasteiger partial charge is 0.155 e. The predicted octanol–water partition coefficient (Wildman–Crippen LogP) is 4.50. The van der Waals surface area contributed by atoms with Crippen molar-refractivity contribution >= 4 is 5.78 Å². The van der Waals surface area contributed by atoms with Crippen molar-refractivity contribution in [1.29, 1.82) is 0 Å². The molecule has 0 heterocycles. The van der Waals surface area contributed by atoms with Gasteiger partial charge in [-0.15, -0.1) is 0 Å². The third-order valence-electron chi connectivity index (χ3n) is 2.98. The lowest BCUT2D eigenvalue weighted by atomic mass is 9.91. The molecule has 0 saturated carbocycles. The van der Waals surface area contributed by atoms with Crippen LogP contribution in [0, 0.1) is 0 Å². The summed E-state index contributed by atoms with van der Waals surface area (Å²) < 4.78 is 0. The van der Waals surface area contributed by atoms with E-state index in [2.05, 4.69) is 31.2 Å². The summed E-state index contributed by atoms with van der Waals surface area (Å²) in [6.45, 7) is 4.10. The highest BCUT2D eigenvalue weighted by Gasteiger charge is 2.08. The molecule has 92 valence electrons. The van der Waals surface area contributed by atoms with E-state index in [9.17, 15) is 4.79 Å². The Labute approximate surface area is 105 Å². The van der Waals surface area contributed by atoms with Gasteiger partial charge in [0.1, 0.15) is 0 Å². The molecule has 0 saturated heterocycles. The normalized spacial score (nSPS) is 12.8. The third-order valence-corrected chi connectivity index (χ3v) is 2.98. The predicted molar refractivity (Wildman–Crippen MR) is 73.1 cm³/mol. The van der Waals surface area contributed by atoms with Gasteiger partial charge in [-0.3, -0.25) is 4.79 Å². The Bertz CT molecular complexity index is 351. The van der Waals surface area contributed by atoms with Crippen LogP contribution in [0.5, 0.6) is 0 Å². The van der Waals surface area contributed by atoms with Gasteiger partial charge in [-0.25, -0.2) is 0 Å². The summed E-state index contributed by atoms with van der Waals surface area (Å²) in [6, 6.07) is 10.6. The third kappa shape index (κ3) is 4.99. The number of hydrogen-bond acceptors (Lipinski definition) is 1. The van der Waals surface area contributed by atoms with Crippen LogP contribution in [0.2, 0.25) is 0 Å². The number of ketones is 1. The lowest BCUT2D eigenvalue weighted by Gasteiger charge is -2.14. The van der Waals surface area contributed by atoms with Gasteiger partial charge in [0.2, 0.25) is 0 Å². The van der Waals surface area contributed by atoms with E-state index in [1.165, 1.54) is 18.4 Å². The highest BCUT2D eigenvalue weighted by Crippen LogP contribution is 2.25. The van der Waals surface area contributed by atoms with Gasteiger partial charge in [-0.05, 0) is 30.4 Å². The van der Waals surface area contributed by atoms with Gasteiger partial charge in [-0.1, -0.05) is 56.7 Å². The fraction of sp³-hybridized carbons (Fsp3) is 0.438. The number of allylic oxidation sites excluding steroid dienone is 2. The Kier molecular flexibility index (Phi) is 6.31. The maximum atomic E-state index is 11.2.